The van der Waals surface area contributed by atoms with E-state index in [2.05, 4.69) is 0 Å². The van der Waals surface area contributed by atoms with Gasteiger partial charge < -0.3 is 19.5 Å². The van der Waals surface area contributed by atoms with Gasteiger partial charge >= 0.3 is 6.09 Å². The lowest BCUT2D eigenvalue weighted by Gasteiger charge is -2.41. The van der Waals surface area contributed by atoms with E-state index in [1.807, 2.05) is 30.3 Å². The summed E-state index contributed by atoms with van der Waals surface area (Å²) in [6.07, 6.45) is 3.83. The van der Waals surface area contributed by atoms with Gasteiger partial charge in [0.15, 0.2) is 0 Å². The molecule has 0 radical (unpaired) electrons. The summed E-state index contributed by atoms with van der Waals surface area (Å²) in [5, 5.41) is 9.94. The van der Waals surface area contributed by atoms with Crippen molar-refractivity contribution in [3.05, 3.63) is 35.9 Å². The molecular weight excluding hydrogens is 346 g/mol. The largest absolute Gasteiger partial charge is 0.445 e. The fourth-order valence-corrected chi connectivity index (χ4v) is 4.91. The molecule has 6 nitrogen and oxygen atoms in total. The van der Waals surface area contributed by atoms with Gasteiger partial charge in [-0.25, -0.2) is 4.79 Å². The highest BCUT2D eigenvalue weighted by Gasteiger charge is 2.59. The van der Waals surface area contributed by atoms with E-state index in [4.69, 9.17) is 9.47 Å². The van der Waals surface area contributed by atoms with Gasteiger partial charge in [-0.3, -0.25) is 4.79 Å². The molecule has 1 amide bonds. The van der Waals surface area contributed by atoms with E-state index in [0.29, 0.717) is 38.8 Å². The van der Waals surface area contributed by atoms with E-state index in [-0.39, 0.29) is 31.0 Å². The number of nitrogens with zero attached hydrogens (tertiary/aromatic N) is 1. The van der Waals surface area contributed by atoms with Crippen LogP contribution in [-0.4, -0.2) is 52.8 Å². The normalized spacial score (nSPS) is 29.6. The molecule has 146 valence electrons. The van der Waals surface area contributed by atoms with Crippen molar-refractivity contribution in [2.24, 2.45) is 5.92 Å². The fraction of sp³-hybridized carbons (Fsp3) is 0.619. The van der Waals surface area contributed by atoms with Crippen LogP contribution in [0.2, 0.25) is 0 Å². The monoisotopic (exact) mass is 373 g/mol. The SMILES string of the molecule is O=C1CCCC2(CO)OC3(CCN(C(=O)OCc4ccccc4)CC3)CC12. The molecule has 1 aromatic carbocycles. The first-order valence-electron chi connectivity index (χ1n) is 9.85. The third-order valence-corrected chi connectivity index (χ3v) is 6.45. The van der Waals surface area contributed by atoms with E-state index < -0.39 is 11.2 Å². The van der Waals surface area contributed by atoms with Crippen molar-refractivity contribution in [2.45, 2.75) is 56.3 Å². The molecule has 1 aromatic rings. The summed E-state index contributed by atoms with van der Waals surface area (Å²) in [5.41, 5.74) is -0.138. The highest BCUT2D eigenvalue weighted by Crippen LogP contribution is 2.52. The smallest absolute Gasteiger partial charge is 0.410 e. The molecule has 1 spiro atoms. The topological polar surface area (TPSA) is 76.1 Å². The van der Waals surface area contributed by atoms with Gasteiger partial charge in [-0.15, -0.1) is 0 Å². The standard InChI is InChI=1S/C21H27NO5/c23-15-21-8-4-7-18(24)17(21)13-20(27-21)9-11-22(12-10-20)19(25)26-14-16-5-2-1-3-6-16/h1-3,5-6,17,23H,4,7-15H2. The molecule has 1 N–H and O–H groups in total. The molecule has 3 aliphatic rings. The first-order chi connectivity index (χ1) is 13.1. The Morgan fingerprint density at radius 2 is 1.96 bits per heavy atom. The molecule has 6 heteroatoms. The van der Waals surface area contributed by atoms with Crippen molar-refractivity contribution in [2.75, 3.05) is 19.7 Å². The first kappa shape index (κ1) is 18.4. The number of hydrogen-bond donors (Lipinski definition) is 1. The molecule has 0 aromatic heterocycles. The average molecular weight is 373 g/mol. The zero-order chi connectivity index (χ0) is 18.9. The molecule has 2 unspecified atom stereocenters. The maximum absolute atomic E-state index is 12.4. The van der Waals surface area contributed by atoms with Crippen LogP contribution in [0.25, 0.3) is 0 Å². The molecule has 2 atom stereocenters. The Hall–Kier alpha value is -1.92. The van der Waals surface area contributed by atoms with Crippen LogP contribution >= 0.6 is 0 Å². The molecule has 1 saturated carbocycles. The Kier molecular flexibility index (Phi) is 4.95. The Bertz CT molecular complexity index is 698. The van der Waals surface area contributed by atoms with Crippen LogP contribution in [0.15, 0.2) is 30.3 Å². The zero-order valence-electron chi connectivity index (χ0n) is 15.6. The molecule has 0 bridgehead atoms. The van der Waals surface area contributed by atoms with Crippen molar-refractivity contribution < 1.29 is 24.2 Å². The van der Waals surface area contributed by atoms with Crippen LogP contribution in [0.4, 0.5) is 4.79 Å². The molecule has 27 heavy (non-hydrogen) atoms. The van der Waals surface area contributed by atoms with Gasteiger partial charge in [0.1, 0.15) is 18.0 Å². The Morgan fingerprint density at radius 3 is 2.63 bits per heavy atom. The van der Waals surface area contributed by atoms with Crippen LogP contribution in [0.3, 0.4) is 0 Å². The summed E-state index contributed by atoms with van der Waals surface area (Å²) in [5.74, 6) is 0.0182. The number of carbonyl (C=O) groups is 2. The first-order valence-corrected chi connectivity index (χ1v) is 9.85. The lowest BCUT2D eigenvalue weighted by atomic mass is 9.72. The Balaban J connectivity index is 1.35. The molecule has 2 aliphatic heterocycles. The molecule has 2 heterocycles. The quantitative estimate of drug-likeness (QED) is 0.882. The minimum Gasteiger partial charge on any atom is -0.445 e. The number of rotatable bonds is 3. The number of fused-ring (bicyclic) bond motifs is 1. The van der Waals surface area contributed by atoms with E-state index in [9.17, 15) is 14.7 Å². The van der Waals surface area contributed by atoms with Crippen LogP contribution in [-0.2, 0) is 20.9 Å². The van der Waals surface area contributed by atoms with Crippen molar-refractivity contribution in [3.8, 4) is 0 Å². The third kappa shape index (κ3) is 3.48. The number of likely N-dealkylation sites (tertiary alicyclic amines) is 1. The molecule has 4 rings (SSSR count). The number of carbonyl (C=O) groups excluding carboxylic acids is 2. The third-order valence-electron chi connectivity index (χ3n) is 6.45. The number of Topliss-reactive ketones (excluding diaryl/α,β-unsaturated/α-hetero) is 1. The van der Waals surface area contributed by atoms with Crippen LogP contribution < -0.4 is 0 Å². The lowest BCUT2D eigenvalue weighted by molar-refractivity contribution is -0.165. The maximum Gasteiger partial charge on any atom is 0.410 e. The predicted octanol–water partition coefficient (Wildman–Crippen LogP) is 2.68. The lowest BCUT2D eigenvalue weighted by Crippen LogP contribution is -2.49. The number of ether oxygens (including phenoxy) is 2. The molecule has 2 saturated heterocycles. The number of hydrogen-bond acceptors (Lipinski definition) is 5. The Morgan fingerprint density at radius 1 is 1.22 bits per heavy atom. The van der Waals surface area contributed by atoms with Crippen molar-refractivity contribution >= 4 is 11.9 Å². The minimum atomic E-state index is -0.703. The van der Waals surface area contributed by atoms with Crippen molar-refractivity contribution in [1.82, 2.24) is 4.90 Å². The highest BCUT2D eigenvalue weighted by molar-refractivity contribution is 5.83. The summed E-state index contributed by atoms with van der Waals surface area (Å²) in [7, 11) is 0. The van der Waals surface area contributed by atoms with Gasteiger partial charge in [0.05, 0.1) is 18.1 Å². The van der Waals surface area contributed by atoms with E-state index >= 15 is 0 Å². The number of ketones is 1. The summed E-state index contributed by atoms with van der Waals surface area (Å²) < 4.78 is 11.8. The molecular formula is C21H27NO5. The van der Waals surface area contributed by atoms with Crippen LogP contribution in [0, 0.1) is 5.92 Å². The number of aliphatic hydroxyl groups excluding tert-OH is 1. The van der Waals surface area contributed by atoms with Crippen molar-refractivity contribution in [1.29, 1.82) is 0 Å². The summed E-state index contributed by atoms with van der Waals surface area (Å²) >= 11 is 0. The van der Waals surface area contributed by atoms with E-state index in [1.54, 1.807) is 4.90 Å². The predicted molar refractivity (Wildman–Crippen MR) is 98.0 cm³/mol. The van der Waals surface area contributed by atoms with Crippen LogP contribution in [0.5, 0.6) is 0 Å². The van der Waals surface area contributed by atoms with Gasteiger partial charge in [-0.1, -0.05) is 30.3 Å². The number of benzene rings is 1. The number of amides is 1. The van der Waals surface area contributed by atoms with Gasteiger partial charge in [0.2, 0.25) is 0 Å². The van der Waals surface area contributed by atoms with Gasteiger partial charge in [0.25, 0.3) is 0 Å². The second kappa shape index (κ2) is 7.24. The molecule has 1 aliphatic carbocycles. The van der Waals surface area contributed by atoms with E-state index in [0.717, 1.165) is 18.4 Å². The Labute approximate surface area is 159 Å². The second-order valence-electron chi connectivity index (χ2n) is 8.11. The fourth-order valence-electron chi connectivity index (χ4n) is 4.91. The summed E-state index contributed by atoms with van der Waals surface area (Å²) in [4.78, 5) is 26.5. The molecule has 3 fully saturated rings. The van der Waals surface area contributed by atoms with Crippen molar-refractivity contribution in [3.63, 3.8) is 0 Å². The maximum atomic E-state index is 12.4. The van der Waals surface area contributed by atoms with Crippen LogP contribution in [0.1, 0.15) is 44.1 Å². The average Bonchev–Trinajstić information content (AvgIpc) is 3.03. The zero-order valence-corrected chi connectivity index (χ0v) is 15.6. The van der Waals surface area contributed by atoms with Gasteiger partial charge in [-0.05, 0) is 37.7 Å². The number of piperidine rings is 1. The second-order valence-corrected chi connectivity index (χ2v) is 8.11. The van der Waals surface area contributed by atoms with E-state index in [1.165, 1.54) is 0 Å². The summed E-state index contributed by atoms with van der Waals surface area (Å²) in [6.45, 7) is 1.27. The van der Waals surface area contributed by atoms with Gasteiger partial charge in [-0.2, -0.15) is 0 Å². The number of aliphatic hydroxyl groups is 1. The van der Waals surface area contributed by atoms with Gasteiger partial charge in [0, 0.05) is 19.5 Å². The minimum absolute atomic E-state index is 0.103. The highest BCUT2D eigenvalue weighted by atomic mass is 16.6. The summed E-state index contributed by atoms with van der Waals surface area (Å²) in [6, 6.07) is 9.63.